The summed E-state index contributed by atoms with van der Waals surface area (Å²) in [7, 11) is 0. The van der Waals surface area contributed by atoms with Crippen LogP contribution in [0.1, 0.15) is 31.0 Å². The Labute approximate surface area is 126 Å². The second-order valence-corrected chi connectivity index (χ2v) is 4.80. The second kappa shape index (κ2) is 8.25. The third-order valence-electron chi connectivity index (χ3n) is 3.48. The molecule has 0 saturated carbocycles. The summed E-state index contributed by atoms with van der Waals surface area (Å²) in [4.78, 5) is 11.8. The molecular formula is C15H23ClN2O2. The molecule has 5 heteroatoms. The van der Waals surface area contributed by atoms with Crippen LogP contribution in [-0.2, 0) is 16.0 Å². The van der Waals surface area contributed by atoms with Crippen LogP contribution in [0.25, 0.3) is 0 Å². The lowest BCUT2D eigenvalue weighted by Gasteiger charge is -2.27. The molecule has 112 valence electrons. The average molecular weight is 299 g/mol. The van der Waals surface area contributed by atoms with E-state index in [1.807, 2.05) is 13.0 Å². The predicted molar refractivity (Wildman–Crippen MR) is 82.2 cm³/mol. The van der Waals surface area contributed by atoms with Crippen molar-refractivity contribution in [1.82, 2.24) is 10.6 Å². The molecule has 2 atom stereocenters. The number of ether oxygens (including phenoxy) is 1. The van der Waals surface area contributed by atoms with Crippen LogP contribution in [0.4, 0.5) is 0 Å². The van der Waals surface area contributed by atoms with Crippen molar-refractivity contribution in [3.05, 3.63) is 35.4 Å². The van der Waals surface area contributed by atoms with Gasteiger partial charge in [-0.25, -0.2) is 0 Å². The minimum absolute atomic E-state index is 0. The maximum atomic E-state index is 11.8. The van der Waals surface area contributed by atoms with E-state index in [4.69, 9.17) is 4.74 Å². The molecule has 1 aliphatic rings. The molecule has 2 rings (SSSR count). The molecular weight excluding hydrogens is 276 g/mol. The van der Waals surface area contributed by atoms with E-state index in [0.29, 0.717) is 13.2 Å². The van der Waals surface area contributed by atoms with Gasteiger partial charge in [0.25, 0.3) is 0 Å². The van der Waals surface area contributed by atoms with Crippen LogP contribution in [0.2, 0.25) is 0 Å². The molecule has 0 aliphatic carbocycles. The van der Waals surface area contributed by atoms with E-state index in [1.165, 1.54) is 11.1 Å². The van der Waals surface area contributed by atoms with Gasteiger partial charge in [-0.3, -0.25) is 4.79 Å². The molecule has 4 nitrogen and oxygen atoms in total. The summed E-state index contributed by atoms with van der Waals surface area (Å²) in [6.45, 7) is 5.79. The zero-order valence-electron chi connectivity index (χ0n) is 12.0. The Bertz CT molecular complexity index is 440. The highest BCUT2D eigenvalue weighted by Crippen LogP contribution is 2.21. The molecule has 1 amide bonds. The largest absolute Gasteiger partial charge is 0.369 e. The van der Waals surface area contributed by atoms with Crippen molar-refractivity contribution < 1.29 is 9.53 Å². The first-order valence-corrected chi connectivity index (χ1v) is 6.93. The topological polar surface area (TPSA) is 50.4 Å². The number of amides is 1. The van der Waals surface area contributed by atoms with Gasteiger partial charge in [0.05, 0.1) is 0 Å². The summed E-state index contributed by atoms with van der Waals surface area (Å²) in [5, 5.41) is 6.40. The highest BCUT2D eigenvalue weighted by atomic mass is 35.5. The molecule has 1 aliphatic heterocycles. The van der Waals surface area contributed by atoms with Crippen molar-refractivity contribution in [2.75, 3.05) is 19.7 Å². The fourth-order valence-electron chi connectivity index (χ4n) is 2.45. The predicted octanol–water partition coefficient (Wildman–Crippen LogP) is 1.84. The minimum atomic E-state index is -0.385. The molecule has 2 unspecified atom stereocenters. The van der Waals surface area contributed by atoms with Crippen molar-refractivity contribution in [1.29, 1.82) is 0 Å². The molecule has 0 bridgehead atoms. The number of nitrogens with one attached hydrogen (secondary N) is 2. The molecule has 20 heavy (non-hydrogen) atoms. The van der Waals surface area contributed by atoms with Gasteiger partial charge in [-0.05, 0) is 37.9 Å². The third-order valence-corrected chi connectivity index (χ3v) is 3.48. The molecule has 0 radical (unpaired) electrons. The first-order chi connectivity index (χ1) is 9.22. The molecule has 0 spiro atoms. The molecule has 0 aromatic heterocycles. The minimum Gasteiger partial charge on any atom is -0.369 e. The van der Waals surface area contributed by atoms with E-state index in [2.05, 4.69) is 28.8 Å². The van der Waals surface area contributed by atoms with E-state index >= 15 is 0 Å². The average Bonchev–Trinajstić information content (AvgIpc) is 2.45. The summed E-state index contributed by atoms with van der Waals surface area (Å²) >= 11 is 0. The fourth-order valence-corrected chi connectivity index (χ4v) is 2.45. The quantitative estimate of drug-likeness (QED) is 0.872. The zero-order chi connectivity index (χ0) is 13.7. The van der Waals surface area contributed by atoms with Gasteiger partial charge >= 0.3 is 0 Å². The van der Waals surface area contributed by atoms with E-state index in [1.54, 1.807) is 6.92 Å². The van der Waals surface area contributed by atoms with Crippen molar-refractivity contribution in [3.8, 4) is 0 Å². The lowest BCUT2D eigenvalue weighted by molar-refractivity contribution is -0.131. The smallest absolute Gasteiger partial charge is 0.248 e. The van der Waals surface area contributed by atoms with Gasteiger partial charge in [0.1, 0.15) is 6.10 Å². The summed E-state index contributed by atoms with van der Waals surface area (Å²) in [6, 6.07) is 8.60. The number of rotatable bonds is 5. The van der Waals surface area contributed by atoms with E-state index in [9.17, 15) is 4.79 Å². The highest BCUT2D eigenvalue weighted by molar-refractivity contribution is 5.85. The van der Waals surface area contributed by atoms with E-state index in [-0.39, 0.29) is 30.5 Å². The van der Waals surface area contributed by atoms with Gasteiger partial charge in [-0.15, -0.1) is 12.4 Å². The monoisotopic (exact) mass is 298 g/mol. The number of benzene rings is 1. The lowest BCUT2D eigenvalue weighted by atomic mass is 9.94. The zero-order valence-corrected chi connectivity index (χ0v) is 12.8. The first-order valence-electron chi connectivity index (χ1n) is 6.93. The molecule has 0 saturated heterocycles. The normalized spacial score (nSPS) is 18.6. The van der Waals surface area contributed by atoms with E-state index < -0.39 is 0 Å². The molecule has 1 aromatic carbocycles. The van der Waals surface area contributed by atoms with Gasteiger partial charge in [0, 0.05) is 19.2 Å². The number of hydrogen-bond acceptors (Lipinski definition) is 3. The van der Waals surface area contributed by atoms with Gasteiger partial charge < -0.3 is 15.4 Å². The summed E-state index contributed by atoms with van der Waals surface area (Å²) in [5.74, 6) is -0.0493. The number of carbonyl (C=O) groups is 1. The van der Waals surface area contributed by atoms with Gasteiger partial charge in [0.15, 0.2) is 0 Å². The maximum Gasteiger partial charge on any atom is 0.248 e. The Morgan fingerprint density at radius 2 is 2.25 bits per heavy atom. The number of halogens is 1. The van der Waals surface area contributed by atoms with Crippen LogP contribution < -0.4 is 10.6 Å². The molecule has 2 N–H and O–H groups in total. The fraction of sp³-hybridized carbons (Fsp3) is 0.533. The Kier molecular flexibility index (Phi) is 6.99. The van der Waals surface area contributed by atoms with Crippen LogP contribution in [0.15, 0.2) is 24.3 Å². The standard InChI is InChI=1S/C15H22N2O2.ClH/c1-3-19-11(2)15(18)17-10-14-13-7-5-4-6-12(13)8-9-16-14;/h4-7,11,14,16H,3,8-10H2,1-2H3,(H,17,18);1H. The van der Waals surface area contributed by atoms with Crippen LogP contribution in [0.5, 0.6) is 0 Å². The van der Waals surface area contributed by atoms with Crippen molar-refractivity contribution in [2.24, 2.45) is 0 Å². The second-order valence-electron chi connectivity index (χ2n) is 4.80. The number of carbonyl (C=O) groups excluding carboxylic acids is 1. The van der Waals surface area contributed by atoms with Crippen molar-refractivity contribution in [2.45, 2.75) is 32.4 Å². The van der Waals surface area contributed by atoms with Crippen molar-refractivity contribution in [3.63, 3.8) is 0 Å². The van der Waals surface area contributed by atoms with Gasteiger partial charge in [0.2, 0.25) is 5.91 Å². The summed E-state index contributed by atoms with van der Waals surface area (Å²) in [6.07, 6.45) is 0.666. The Hall–Kier alpha value is -1.10. The van der Waals surface area contributed by atoms with Crippen LogP contribution in [-0.4, -0.2) is 31.7 Å². The van der Waals surface area contributed by atoms with Crippen LogP contribution in [0, 0.1) is 0 Å². The van der Waals surface area contributed by atoms with Gasteiger partial charge in [-0.2, -0.15) is 0 Å². The first kappa shape index (κ1) is 17.0. The van der Waals surface area contributed by atoms with Crippen LogP contribution >= 0.6 is 12.4 Å². The lowest BCUT2D eigenvalue weighted by Crippen LogP contribution is -2.42. The Morgan fingerprint density at radius 3 is 3.00 bits per heavy atom. The summed E-state index contributed by atoms with van der Waals surface area (Å²) in [5.41, 5.74) is 2.66. The summed E-state index contributed by atoms with van der Waals surface area (Å²) < 4.78 is 5.28. The Morgan fingerprint density at radius 1 is 1.50 bits per heavy atom. The SMILES string of the molecule is CCOC(C)C(=O)NCC1NCCc2ccccc21.Cl. The van der Waals surface area contributed by atoms with Gasteiger partial charge in [-0.1, -0.05) is 24.3 Å². The Balaban J connectivity index is 0.00000200. The van der Waals surface area contributed by atoms with Crippen molar-refractivity contribution >= 4 is 18.3 Å². The molecule has 1 heterocycles. The third kappa shape index (κ3) is 4.20. The highest BCUT2D eigenvalue weighted by Gasteiger charge is 2.20. The molecule has 1 aromatic rings. The number of fused-ring (bicyclic) bond motifs is 1. The van der Waals surface area contributed by atoms with Crippen LogP contribution in [0.3, 0.4) is 0 Å². The number of hydrogen-bond donors (Lipinski definition) is 2. The molecule has 0 fully saturated rings. The maximum absolute atomic E-state index is 11.8. The van der Waals surface area contributed by atoms with E-state index in [0.717, 1.165) is 13.0 Å².